The van der Waals surface area contributed by atoms with Gasteiger partial charge in [-0.15, -0.1) is 0 Å². The van der Waals surface area contributed by atoms with Gasteiger partial charge in [-0.3, -0.25) is 9.52 Å². The second-order valence-electron chi connectivity index (χ2n) is 6.10. The lowest BCUT2D eigenvalue weighted by atomic mass is 10.2. The zero-order valence-corrected chi connectivity index (χ0v) is 17.5. The van der Waals surface area contributed by atoms with Crippen molar-refractivity contribution in [2.45, 2.75) is 18.2 Å². The van der Waals surface area contributed by atoms with Crippen LogP contribution in [0.25, 0.3) is 0 Å². The van der Waals surface area contributed by atoms with Crippen molar-refractivity contribution >= 4 is 27.6 Å². The van der Waals surface area contributed by atoms with Crippen LogP contribution >= 0.6 is 0 Å². The van der Waals surface area contributed by atoms with Crippen LogP contribution in [0.4, 0.5) is 5.69 Å². The highest BCUT2D eigenvalue weighted by molar-refractivity contribution is 7.92. The largest absolute Gasteiger partial charge is 0.495 e. The fourth-order valence-electron chi connectivity index (χ4n) is 2.51. The summed E-state index contributed by atoms with van der Waals surface area (Å²) in [7, 11) is -2.77. The summed E-state index contributed by atoms with van der Waals surface area (Å²) in [5, 5.41) is 11.4. The average Bonchev–Trinajstić information content (AvgIpc) is 2.73. The molecule has 0 aliphatic carbocycles. The number of benzene rings is 2. The summed E-state index contributed by atoms with van der Waals surface area (Å²) in [6.07, 6.45) is 0.441. The smallest absolute Gasteiger partial charge is 0.338 e. The Morgan fingerprint density at radius 3 is 2.33 bits per heavy atom. The Bertz CT molecular complexity index is 989. The van der Waals surface area contributed by atoms with Crippen LogP contribution < -0.4 is 14.8 Å². The van der Waals surface area contributed by atoms with Crippen molar-refractivity contribution in [2.24, 2.45) is 0 Å². The van der Waals surface area contributed by atoms with Crippen LogP contribution in [0.5, 0.6) is 5.75 Å². The Kier molecular flexibility index (Phi) is 8.19. The molecule has 2 aromatic rings. The first-order valence-corrected chi connectivity index (χ1v) is 10.7. The van der Waals surface area contributed by atoms with Crippen LogP contribution in [0.1, 0.15) is 34.1 Å². The van der Waals surface area contributed by atoms with Gasteiger partial charge in [0.05, 0.1) is 19.3 Å². The molecule has 0 radical (unpaired) electrons. The van der Waals surface area contributed by atoms with Gasteiger partial charge in [0.1, 0.15) is 10.6 Å². The molecule has 30 heavy (non-hydrogen) atoms. The molecular weight excluding hydrogens is 412 g/mol. The number of aliphatic hydroxyl groups excluding tert-OH is 1. The van der Waals surface area contributed by atoms with Gasteiger partial charge in [-0.05, 0) is 55.8 Å². The number of ether oxygens (including phenoxy) is 2. The SMILES string of the molecule is CCOC(=O)c1ccc(OC)c(S(=O)(=O)Nc2ccc(C(=O)NCCCO)cc2)c1. The third-order valence-corrected chi connectivity index (χ3v) is 5.39. The van der Waals surface area contributed by atoms with E-state index in [4.69, 9.17) is 14.6 Å². The highest BCUT2D eigenvalue weighted by Gasteiger charge is 2.22. The molecule has 0 bridgehead atoms. The average molecular weight is 436 g/mol. The number of rotatable bonds is 10. The van der Waals surface area contributed by atoms with Crippen LogP contribution in [-0.2, 0) is 14.8 Å². The summed E-state index contributed by atoms with van der Waals surface area (Å²) in [5.74, 6) is -0.912. The number of carbonyl (C=O) groups excluding carboxylic acids is 2. The molecule has 0 unspecified atom stereocenters. The number of sulfonamides is 1. The lowest BCUT2D eigenvalue weighted by Gasteiger charge is -2.13. The van der Waals surface area contributed by atoms with Crippen molar-refractivity contribution in [3.8, 4) is 5.75 Å². The molecule has 0 spiro atoms. The number of carbonyl (C=O) groups is 2. The monoisotopic (exact) mass is 436 g/mol. The van der Waals surface area contributed by atoms with Crippen molar-refractivity contribution in [3.63, 3.8) is 0 Å². The van der Waals surface area contributed by atoms with E-state index >= 15 is 0 Å². The molecule has 0 aromatic heterocycles. The third kappa shape index (κ3) is 5.94. The number of nitrogens with one attached hydrogen (secondary N) is 2. The first-order chi connectivity index (χ1) is 14.3. The second kappa shape index (κ2) is 10.6. The Hall–Kier alpha value is -3.11. The Morgan fingerprint density at radius 1 is 1.07 bits per heavy atom. The number of anilines is 1. The highest BCUT2D eigenvalue weighted by Crippen LogP contribution is 2.27. The second-order valence-corrected chi connectivity index (χ2v) is 7.75. The van der Waals surface area contributed by atoms with Crippen molar-refractivity contribution in [1.29, 1.82) is 0 Å². The number of amides is 1. The molecule has 10 heteroatoms. The maximum absolute atomic E-state index is 12.9. The lowest BCUT2D eigenvalue weighted by Crippen LogP contribution is -2.25. The molecule has 3 N–H and O–H groups in total. The fraction of sp³-hybridized carbons (Fsp3) is 0.300. The van der Waals surface area contributed by atoms with Gasteiger partial charge in [-0.2, -0.15) is 0 Å². The van der Waals surface area contributed by atoms with E-state index in [0.717, 1.165) is 0 Å². The van der Waals surface area contributed by atoms with Crippen molar-refractivity contribution < 1.29 is 32.6 Å². The van der Waals surface area contributed by atoms with Gasteiger partial charge >= 0.3 is 5.97 Å². The van der Waals surface area contributed by atoms with Crippen LogP contribution in [0.2, 0.25) is 0 Å². The van der Waals surface area contributed by atoms with Crippen LogP contribution in [0, 0.1) is 0 Å². The van der Waals surface area contributed by atoms with Crippen LogP contribution in [0.3, 0.4) is 0 Å². The molecular formula is C20H24N2O7S. The van der Waals surface area contributed by atoms with Crippen molar-refractivity contribution in [1.82, 2.24) is 5.32 Å². The molecule has 162 valence electrons. The zero-order valence-electron chi connectivity index (χ0n) is 16.7. The first kappa shape index (κ1) is 23.2. The minimum atomic E-state index is -4.09. The number of methoxy groups -OCH3 is 1. The summed E-state index contributed by atoms with van der Waals surface area (Å²) in [4.78, 5) is 23.7. The number of hydrogen-bond donors (Lipinski definition) is 3. The highest BCUT2D eigenvalue weighted by atomic mass is 32.2. The quantitative estimate of drug-likeness (QED) is 0.382. The summed E-state index contributed by atoms with van der Waals surface area (Å²) in [6, 6.07) is 9.81. The number of esters is 1. The maximum atomic E-state index is 12.9. The van der Waals surface area contributed by atoms with Crippen molar-refractivity contribution in [3.05, 3.63) is 53.6 Å². The Morgan fingerprint density at radius 2 is 1.73 bits per heavy atom. The molecule has 0 aliphatic rings. The molecule has 2 aromatic carbocycles. The van der Waals surface area contributed by atoms with E-state index in [0.29, 0.717) is 18.5 Å². The van der Waals surface area contributed by atoms with E-state index in [9.17, 15) is 18.0 Å². The van der Waals surface area contributed by atoms with E-state index < -0.39 is 16.0 Å². The third-order valence-electron chi connectivity index (χ3n) is 3.98. The molecule has 0 atom stereocenters. The standard InChI is InChI=1S/C20H24N2O7S/c1-3-29-20(25)15-7-10-17(28-2)18(13-15)30(26,27)22-16-8-5-14(6-9-16)19(24)21-11-4-12-23/h5-10,13,22-23H,3-4,11-12H2,1-2H3,(H,21,24). The van der Waals surface area contributed by atoms with Gasteiger partial charge in [0.25, 0.3) is 15.9 Å². The Labute approximate surface area is 175 Å². The minimum absolute atomic E-state index is 0.0260. The van der Waals surface area contributed by atoms with Crippen LogP contribution in [-0.4, -0.2) is 52.3 Å². The van der Waals surface area contributed by atoms with E-state index in [1.54, 1.807) is 6.92 Å². The van der Waals surface area contributed by atoms with E-state index in [2.05, 4.69) is 10.0 Å². The predicted octanol–water partition coefficient (Wildman–Crippen LogP) is 1.78. The molecule has 0 saturated carbocycles. The summed E-state index contributed by atoms with van der Waals surface area (Å²) in [5.41, 5.74) is 0.649. The van der Waals surface area contributed by atoms with Gasteiger partial charge in [0.15, 0.2) is 0 Å². The molecule has 0 saturated heterocycles. The lowest BCUT2D eigenvalue weighted by molar-refractivity contribution is 0.0526. The molecule has 0 fully saturated rings. The minimum Gasteiger partial charge on any atom is -0.495 e. The summed E-state index contributed by atoms with van der Waals surface area (Å²) in [6.45, 7) is 2.12. The summed E-state index contributed by atoms with van der Waals surface area (Å²) >= 11 is 0. The molecule has 1 amide bonds. The first-order valence-electron chi connectivity index (χ1n) is 9.19. The van der Waals surface area contributed by atoms with E-state index in [-0.39, 0.29) is 41.0 Å². The number of hydrogen-bond acceptors (Lipinski definition) is 7. The summed E-state index contributed by atoms with van der Waals surface area (Å²) < 4.78 is 38.2. The number of aliphatic hydroxyl groups is 1. The molecule has 0 heterocycles. The van der Waals surface area contributed by atoms with Crippen molar-refractivity contribution in [2.75, 3.05) is 31.6 Å². The zero-order chi connectivity index (χ0) is 22.1. The van der Waals surface area contributed by atoms with Gasteiger partial charge in [0.2, 0.25) is 0 Å². The normalized spacial score (nSPS) is 10.9. The van der Waals surface area contributed by atoms with Crippen LogP contribution in [0.15, 0.2) is 47.4 Å². The van der Waals surface area contributed by atoms with E-state index in [1.807, 2.05) is 0 Å². The van der Waals surface area contributed by atoms with Gasteiger partial charge in [-0.1, -0.05) is 0 Å². The molecule has 2 rings (SSSR count). The molecule has 0 aliphatic heterocycles. The van der Waals surface area contributed by atoms with Gasteiger partial charge < -0.3 is 19.9 Å². The van der Waals surface area contributed by atoms with Gasteiger partial charge in [0, 0.05) is 24.4 Å². The Balaban J connectivity index is 2.22. The maximum Gasteiger partial charge on any atom is 0.338 e. The predicted molar refractivity (Wildman–Crippen MR) is 110 cm³/mol. The topological polar surface area (TPSA) is 131 Å². The van der Waals surface area contributed by atoms with Gasteiger partial charge in [-0.25, -0.2) is 13.2 Å². The molecule has 9 nitrogen and oxygen atoms in total. The fourth-order valence-corrected chi connectivity index (χ4v) is 3.77. The van der Waals surface area contributed by atoms with E-state index in [1.165, 1.54) is 49.6 Å².